The van der Waals surface area contributed by atoms with Gasteiger partial charge in [-0.05, 0) is 13.3 Å². The van der Waals surface area contributed by atoms with Gasteiger partial charge in [-0.1, -0.05) is 13.3 Å². The van der Waals surface area contributed by atoms with Crippen molar-refractivity contribution >= 4 is 19.7 Å². The van der Waals surface area contributed by atoms with Crippen LogP contribution >= 0.6 is 7.60 Å². The third-order valence-corrected chi connectivity index (χ3v) is 8.56. The fraction of sp³-hybridized carbons (Fsp3) is 0.818. The third kappa shape index (κ3) is 8.67. The topological polar surface area (TPSA) is 225 Å². The lowest BCUT2D eigenvalue weighted by Crippen LogP contribution is -2.65. The number of halogens is 7. The number of aliphatic hydroxyl groups excluding tert-OH is 3. The number of nitrogens with one attached hydrogen (secondary N) is 1. The number of amides is 3. The van der Waals surface area contributed by atoms with Crippen molar-refractivity contribution in [1.82, 2.24) is 15.1 Å². The lowest BCUT2D eigenvalue weighted by Gasteiger charge is -2.44. The van der Waals surface area contributed by atoms with E-state index in [-0.39, 0.29) is 11.5 Å². The van der Waals surface area contributed by atoms with Crippen LogP contribution in [0.15, 0.2) is 11.6 Å². The number of nitrogens with two attached hydrogens (primary N) is 1. The molecule has 0 aromatic heterocycles. The monoisotopic (exact) mass is 694 g/mol. The van der Waals surface area contributed by atoms with Gasteiger partial charge in [-0.15, -0.1) is 0 Å². The zero-order valence-electron chi connectivity index (χ0n) is 23.7. The number of aliphatic hydroxyl groups is 3. The van der Waals surface area contributed by atoms with Crippen LogP contribution in [0.1, 0.15) is 33.1 Å². The van der Waals surface area contributed by atoms with Crippen LogP contribution in [-0.2, 0) is 18.8 Å². The maximum Gasteiger partial charge on any atom is 0.409 e. The Morgan fingerprint density at radius 2 is 1.78 bits per heavy atom. The van der Waals surface area contributed by atoms with Crippen molar-refractivity contribution in [2.75, 3.05) is 26.4 Å². The molecule has 2 aliphatic rings. The van der Waals surface area contributed by atoms with E-state index in [0.29, 0.717) is 17.7 Å². The minimum Gasteiger partial charge on any atom is -0.450 e. The number of rotatable bonds is 13. The van der Waals surface area contributed by atoms with E-state index < -0.39 is 112 Å². The number of hydrogen-bond donors (Lipinski definition) is 7. The molecule has 8 N–H and O–H groups in total. The summed E-state index contributed by atoms with van der Waals surface area (Å²) in [4.78, 5) is 45.1. The molecule has 0 aliphatic carbocycles. The summed E-state index contributed by atoms with van der Waals surface area (Å²) in [5.74, 6) is -2.63. The van der Waals surface area contributed by atoms with Crippen LogP contribution in [0.3, 0.4) is 0 Å². The number of alkyl halides is 6. The molecule has 15 nitrogen and oxygen atoms in total. The Labute approximate surface area is 250 Å². The van der Waals surface area contributed by atoms with Gasteiger partial charge < -0.3 is 45.1 Å². The molecule has 0 aromatic carbocycles. The molecule has 0 bridgehead atoms. The molecule has 0 radical (unpaired) electrons. The van der Waals surface area contributed by atoms with Crippen LogP contribution in [0.4, 0.5) is 40.3 Å². The van der Waals surface area contributed by atoms with Crippen molar-refractivity contribution < 1.29 is 84.2 Å². The summed E-state index contributed by atoms with van der Waals surface area (Å²) in [6, 6.07) is -1.45. The predicted octanol–water partition coefficient (Wildman–Crippen LogP) is 0.949. The first-order valence-electron chi connectivity index (χ1n) is 13.1. The van der Waals surface area contributed by atoms with Crippen molar-refractivity contribution in [3.8, 4) is 0 Å². The zero-order valence-corrected chi connectivity index (χ0v) is 24.6. The molecule has 45 heavy (non-hydrogen) atoms. The molecule has 2 heterocycles. The highest BCUT2D eigenvalue weighted by atomic mass is 31.2. The van der Waals surface area contributed by atoms with E-state index in [0.717, 1.165) is 6.92 Å². The molecule has 2 rings (SSSR count). The molecule has 0 saturated carbocycles. The number of urea groups is 1. The Bertz CT molecular complexity index is 1140. The molecular formula is C22H34F7N4O11P. The Hall–Kier alpha value is -2.46. The van der Waals surface area contributed by atoms with E-state index in [4.69, 9.17) is 19.9 Å². The Morgan fingerprint density at radius 1 is 1.18 bits per heavy atom. The van der Waals surface area contributed by atoms with Crippen LogP contribution in [0.2, 0.25) is 0 Å². The highest BCUT2D eigenvalue weighted by molar-refractivity contribution is 7.53. The summed E-state index contributed by atoms with van der Waals surface area (Å²) >= 11 is 0. The van der Waals surface area contributed by atoms with Gasteiger partial charge in [0.15, 0.2) is 23.4 Å². The minimum absolute atomic E-state index is 0.138. The second kappa shape index (κ2) is 14.5. The normalized spacial score (nSPS) is 27.1. The van der Waals surface area contributed by atoms with Gasteiger partial charge in [0.05, 0.1) is 38.9 Å². The second-order valence-electron chi connectivity index (χ2n) is 10.3. The van der Waals surface area contributed by atoms with Crippen molar-refractivity contribution in [1.29, 1.82) is 0 Å². The van der Waals surface area contributed by atoms with Crippen LogP contribution in [0.5, 0.6) is 0 Å². The summed E-state index contributed by atoms with van der Waals surface area (Å²) in [6.07, 6.45) is -26.6. The highest BCUT2D eigenvalue weighted by Gasteiger charge is 2.69. The van der Waals surface area contributed by atoms with E-state index in [1.54, 1.807) is 6.92 Å². The van der Waals surface area contributed by atoms with Gasteiger partial charge in [0, 0.05) is 0 Å². The van der Waals surface area contributed by atoms with E-state index in [2.05, 4.69) is 0 Å². The van der Waals surface area contributed by atoms with Gasteiger partial charge in [-0.25, -0.2) is 14.0 Å². The van der Waals surface area contributed by atoms with Crippen molar-refractivity contribution in [2.45, 2.75) is 87.4 Å². The van der Waals surface area contributed by atoms with Crippen molar-refractivity contribution in [2.24, 2.45) is 5.73 Å². The first-order chi connectivity index (χ1) is 20.5. The lowest BCUT2D eigenvalue weighted by atomic mass is 10.0. The van der Waals surface area contributed by atoms with E-state index >= 15 is 4.39 Å². The van der Waals surface area contributed by atoms with Crippen LogP contribution in [0, 0.1) is 0 Å². The summed E-state index contributed by atoms with van der Waals surface area (Å²) in [5.41, 5.74) is 5.72. The number of ether oxygens (including phenoxy) is 3. The molecule has 2 aliphatic heterocycles. The molecule has 7 atom stereocenters. The molecule has 262 valence electrons. The third-order valence-electron chi connectivity index (χ3n) is 6.91. The molecular weight excluding hydrogens is 660 g/mol. The fourth-order valence-electron chi connectivity index (χ4n) is 4.39. The largest absolute Gasteiger partial charge is 0.450 e. The number of nitrogens with zero attached hydrogens (tertiary/aromatic N) is 2. The summed E-state index contributed by atoms with van der Waals surface area (Å²) < 4.78 is 123. The van der Waals surface area contributed by atoms with Gasteiger partial charge in [-0.2, -0.15) is 26.3 Å². The summed E-state index contributed by atoms with van der Waals surface area (Å²) in [7, 11) is -6.63. The van der Waals surface area contributed by atoms with E-state index in [9.17, 15) is 65.6 Å². The first-order valence-corrected chi connectivity index (χ1v) is 14.8. The minimum atomic E-state index is -6.63. The average Bonchev–Trinajstić information content (AvgIpc) is 3.18. The maximum atomic E-state index is 15.6. The van der Waals surface area contributed by atoms with E-state index in [1.807, 2.05) is 5.32 Å². The first kappa shape index (κ1) is 38.7. The molecule has 3 unspecified atom stereocenters. The predicted molar refractivity (Wildman–Crippen MR) is 134 cm³/mol. The Kier molecular flexibility index (Phi) is 12.5. The molecule has 1 saturated heterocycles. The standard InChI is InChI=1S/C22H34F7N4O11P/c1-3-4-5-42-18(37)31-16-12(23)15(30)32(19(38)33(16)17-14(36)13(35)11(7-34)44-17)6-10(2)43-9-20(22(27,28)29,45(39,40)41)8-21(24,25)26/h10-11,13-14,16-17,34-36H,3-9,30H2,1-2H3,(H,31,37)(H2,39,40,41)/t10?,11-,13-,14-,16?,17?,20-/m1/s1. The number of alkyl carbamates (subject to hydrolysis) is 1. The number of unbranched alkanes of at least 4 members (excludes halogenated alkanes) is 1. The maximum absolute atomic E-state index is 15.6. The Morgan fingerprint density at radius 3 is 2.24 bits per heavy atom. The molecule has 0 spiro atoms. The molecule has 1 fully saturated rings. The fourth-order valence-corrected chi connectivity index (χ4v) is 5.35. The number of hydrogen-bond acceptors (Lipinski definition) is 10. The average molecular weight is 694 g/mol. The molecule has 3 amide bonds. The van der Waals surface area contributed by atoms with E-state index in [1.165, 1.54) is 0 Å². The highest BCUT2D eigenvalue weighted by Crippen LogP contribution is 2.62. The Balaban J connectivity index is 2.43. The van der Waals surface area contributed by atoms with Gasteiger partial charge in [0.2, 0.25) is 0 Å². The van der Waals surface area contributed by atoms with Crippen molar-refractivity contribution in [3.63, 3.8) is 0 Å². The van der Waals surface area contributed by atoms with Crippen LogP contribution in [0.25, 0.3) is 0 Å². The van der Waals surface area contributed by atoms with Crippen LogP contribution < -0.4 is 11.1 Å². The van der Waals surface area contributed by atoms with Crippen LogP contribution in [-0.4, -0.2) is 128 Å². The molecule has 23 heteroatoms. The van der Waals surface area contributed by atoms with Crippen molar-refractivity contribution in [3.05, 3.63) is 11.6 Å². The van der Waals surface area contributed by atoms with Gasteiger partial charge in [0.25, 0.3) is 0 Å². The number of carbonyl (C=O) groups excluding carboxylic acids is 2. The summed E-state index contributed by atoms with van der Waals surface area (Å²) in [5, 5.41) is 27.3. The van der Waals surface area contributed by atoms with Gasteiger partial charge in [-0.3, -0.25) is 19.7 Å². The molecule has 0 aromatic rings. The SMILES string of the molecule is CCCCOC(=O)NC1C(F)=C(N)N(CC(C)OC[C@](CC(F)(F)F)(C(F)(F)F)P(=O)(O)O)C(=O)N1C1O[C@H](CO)[C@@H](O)[C@H]1O. The van der Waals surface area contributed by atoms with Gasteiger partial charge >= 0.3 is 32.1 Å². The smallest absolute Gasteiger partial charge is 0.409 e. The zero-order chi connectivity index (χ0) is 34.7. The van der Waals surface area contributed by atoms with Gasteiger partial charge in [0.1, 0.15) is 24.1 Å². The summed E-state index contributed by atoms with van der Waals surface area (Å²) in [6.45, 7) is -1.72. The quantitative estimate of drug-likeness (QED) is 0.0813. The lowest BCUT2D eigenvalue weighted by molar-refractivity contribution is -0.223. The second-order valence-corrected chi connectivity index (χ2v) is 12.2. The number of carbonyl (C=O) groups is 2.